The smallest absolute Gasteiger partial charge is 0.228 e. The highest BCUT2D eigenvalue weighted by atomic mass is 32.2. The molecule has 0 radical (unpaired) electrons. The van der Waals surface area contributed by atoms with Crippen molar-refractivity contribution in [1.82, 2.24) is 19.4 Å². The average Bonchev–Trinajstić information content (AvgIpc) is 3.54. The van der Waals surface area contributed by atoms with Crippen LogP contribution < -0.4 is 0 Å². The van der Waals surface area contributed by atoms with Gasteiger partial charge < -0.3 is 18.9 Å². The number of rotatable bonds is 11. The second-order valence-corrected chi connectivity index (χ2v) is 11.9. The van der Waals surface area contributed by atoms with Crippen LogP contribution in [0, 0.1) is 11.7 Å². The second-order valence-electron chi connectivity index (χ2n) is 10.0. The Hall–Kier alpha value is -2.34. The number of halogens is 1. The van der Waals surface area contributed by atoms with E-state index in [1.54, 1.807) is 15.7 Å². The normalized spacial score (nSPS) is 19.0. The van der Waals surface area contributed by atoms with Gasteiger partial charge in [0.15, 0.2) is 0 Å². The summed E-state index contributed by atoms with van der Waals surface area (Å²) in [6, 6.07) is 5.43. The molecule has 2 aromatic rings. The molecular formula is C26H37FN4O5S. The van der Waals surface area contributed by atoms with Crippen molar-refractivity contribution < 1.29 is 27.1 Å². The summed E-state index contributed by atoms with van der Waals surface area (Å²) >= 11 is 0. The van der Waals surface area contributed by atoms with Crippen molar-refractivity contribution in [2.24, 2.45) is 5.92 Å². The third kappa shape index (κ3) is 7.37. The molecule has 0 aliphatic carbocycles. The van der Waals surface area contributed by atoms with Gasteiger partial charge in [0.05, 0.1) is 50.1 Å². The zero-order valence-electron chi connectivity index (χ0n) is 21.6. The Kier molecular flexibility index (Phi) is 9.33. The maximum Gasteiger partial charge on any atom is 0.228 e. The number of carbonyl (C=O) groups is 1. The Balaban J connectivity index is 1.59. The lowest BCUT2D eigenvalue weighted by atomic mass is 10.2. The van der Waals surface area contributed by atoms with E-state index in [1.165, 1.54) is 24.3 Å². The van der Waals surface area contributed by atoms with Crippen LogP contribution in [-0.2, 0) is 42.9 Å². The number of ether oxygens (including phenoxy) is 2. The Labute approximate surface area is 218 Å². The number of morpholine rings is 1. The van der Waals surface area contributed by atoms with Gasteiger partial charge in [0.1, 0.15) is 5.82 Å². The third-order valence-electron chi connectivity index (χ3n) is 6.81. The fourth-order valence-corrected chi connectivity index (χ4v) is 6.23. The Morgan fingerprint density at radius 1 is 1.19 bits per heavy atom. The van der Waals surface area contributed by atoms with E-state index < -0.39 is 15.7 Å². The van der Waals surface area contributed by atoms with Gasteiger partial charge in [-0.2, -0.15) is 0 Å². The van der Waals surface area contributed by atoms with Crippen LogP contribution >= 0.6 is 0 Å². The minimum atomic E-state index is -3.83. The monoisotopic (exact) mass is 536 g/mol. The van der Waals surface area contributed by atoms with Crippen molar-refractivity contribution in [2.45, 2.75) is 56.8 Å². The number of carbonyl (C=O) groups excluding carboxylic acids is 1. The van der Waals surface area contributed by atoms with Crippen molar-refractivity contribution >= 4 is 15.7 Å². The SMILES string of the molecule is CC(C)C(=O)N(CCN1CCOCC1)Cc1cnc(S(=O)(=O)Cc2ccc(F)cc2)n1C[C@@H]1CCCO1. The van der Waals surface area contributed by atoms with Crippen LogP contribution in [0.2, 0.25) is 0 Å². The standard InChI is InChI=1S/C26H37FN4O5S/c1-20(2)25(32)30(10-9-29-11-14-35-15-12-29)17-23-16-28-26(31(23)18-24-4-3-13-36-24)37(33,34)19-21-5-7-22(27)8-6-21/h5-8,16,20,24H,3-4,9-15,17-19H2,1-2H3/t24-/m0/s1. The molecule has 0 unspecified atom stereocenters. The molecule has 9 nitrogen and oxygen atoms in total. The Morgan fingerprint density at radius 2 is 1.92 bits per heavy atom. The molecule has 1 amide bonds. The lowest BCUT2D eigenvalue weighted by Gasteiger charge is -2.31. The summed E-state index contributed by atoms with van der Waals surface area (Å²) in [6.07, 6.45) is 3.20. The van der Waals surface area contributed by atoms with E-state index in [9.17, 15) is 17.6 Å². The summed E-state index contributed by atoms with van der Waals surface area (Å²) in [5, 5.41) is -0.0487. The van der Waals surface area contributed by atoms with Crippen LogP contribution in [0.4, 0.5) is 4.39 Å². The molecule has 204 valence electrons. The van der Waals surface area contributed by atoms with Gasteiger partial charge in [0.25, 0.3) is 0 Å². The fraction of sp³-hybridized carbons (Fsp3) is 0.615. The lowest BCUT2D eigenvalue weighted by Crippen LogP contribution is -2.44. The zero-order valence-corrected chi connectivity index (χ0v) is 22.5. The van der Waals surface area contributed by atoms with Crippen molar-refractivity contribution in [3.05, 3.63) is 47.5 Å². The Bertz CT molecular complexity index is 1140. The zero-order chi connectivity index (χ0) is 26.4. The van der Waals surface area contributed by atoms with Gasteiger partial charge in [-0.3, -0.25) is 9.69 Å². The molecular weight excluding hydrogens is 499 g/mol. The molecule has 37 heavy (non-hydrogen) atoms. The molecule has 2 saturated heterocycles. The number of amides is 1. The van der Waals surface area contributed by atoms with E-state index in [2.05, 4.69) is 9.88 Å². The maximum atomic E-state index is 13.4. The number of hydrogen-bond acceptors (Lipinski definition) is 7. The largest absolute Gasteiger partial charge is 0.379 e. The first-order valence-electron chi connectivity index (χ1n) is 12.9. The predicted molar refractivity (Wildman–Crippen MR) is 136 cm³/mol. The van der Waals surface area contributed by atoms with E-state index in [-0.39, 0.29) is 35.4 Å². The van der Waals surface area contributed by atoms with E-state index in [0.29, 0.717) is 44.2 Å². The minimum absolute atomic E-state index is 0.00819. The van der Waals surface area contributed by atoms with E-state index in [1.807, 2.05) is 13.8 Å². The van der Waals surface area contributed by atoms with Crippen LogP contribution in [0.1, 0.15) is 37.9 Å². The van der Waals surface area contributed by atoms with Crippen LogP contribution in [0.3, 0.4) is 0 Å². The van der Waals surface area contributed by atoms with Crippen molar-refractivity contribution in [1.29, 1.82) is 0 Å². The van der Waals surface area contributed by atoms with Crippen LogP contribution in [0.5, 0.6) is 0 Å². The third-order valence-corrected chi connectivity index (χ3v) is 8.40. The molecule has 0 N–H and O–H groups in total. The van der Waals surface area contributed by atoms with Gasteiger partial charge in [0.2, 0.25) is 20.9 Å². The van der Waals surface area contributed by atoms with Crippen molar-refractivity contribution in [2.75, 3.05) is 46.0 Å². The van der Waals surface area contributed by atoms with Crippen LogP contribution in [0.25, 0.3) is 0 Å². The van der Waals surface area contributed by atoms with Gasteiger partial charge in [-0.05, 0) is 30.5 Å². The highest BCUT2D eigenvalue weighted by molar-refractivity contribution is 7.90. The van der Waals surface area contributed by atoms with Gasteiger partial charge in [-0.1, -0.05) is 26.0 Å². The molecule has 1 aromatic heterocycles. The highest BCUT2D eigenvalue weighted by Crippen LogP contribution is 2.23. The number of aromatic nitrogens is 2. The number of nitrogens with zero attached hydrogens (tertiary/aromatic N) is 4. The first-order valence-corrected chi connectivity index (χ1v) is 14.6. The summed E-state index contributed by atoms with van der Waals surface area (Å²) < 4.78 is 53.2. The van der Waals surface area contributed by atoms with Crippen LogP contribution in [-0.4, -0.2) is 85.8 Å². The molecule has 1 aromatic carbocycles. The first kappa shape index (κ1) is 27.7. The van der Waals surface area contributed by atoms with Gasteiger partial charge in [-0.25, -0.2) is 17.8 Å². The molecule has 2 fully saturated rings. The van der Waals surface area contributed by atoms with E-state index in [0.717, 1.165) is 32.5 Å². The fourth-order valence-electron chi connectivity index (χ4n) is 4.73. The molecule has 4 rings (SSSR count). The Morgan fingerprint density at radius 3 is 2.57 bits per heavy atom. The maximum absolute atomic E-state index is 13.4. The lowest BCUT2D eigenvalue weighted by molar-refractivity contribution is -0.135. The highest BCUT2D eigenvalue weighted by Gasteiger charge is 2.29. The first-order chi connectivity index (χ1) is 17.7. The summed E-state index contributed by atoms with van der Waals surface area (Å²) in [6.45, 7) is 9.25. The molecule has 3 heterocycles. The van der Waals surface area contributed by atoms with E-state index >= 15 is 0 Å². The topological polar surface area (TPSA) is 94.0 Å². The van der Waals surface area contributed by atoms with Crippen molar-refractivity contribution in [3.63, 3.8) is 0 Å². The van der Waals surface area contributed by atoms with E-state index in [4.69, 9.17) is 9.47 Å². The summed E-state index contributed by atoms with van der Waals surface area (Å²) in [4.78, 5) is 21.5. The number of hydrogen-bond donors (Lipinski definition) is 0. The minimum Gasteiger partial charge on any atom is -0.379 e. The summed E-state index contributed by atoms with van der Waals surface area (Å²) in [5.74, 6) is -0.897. The summed E-state index contributed by atoms with van der Waals surface area (Å²) in [7, 11) is -3.83. The predicted octanol–water partition coefficient (Wildman–Crippen LogP) is 2.49. The molecule has 2 aliphatic rings. The molecule has 0 saturated carbocycles. The van der Waals surface area contributed by atoms with Crippen LogP contribution in [0.15, 0.2) is 35.6 Å². The molecule has 0 spiro atoms. The number of imidazole rings is 1. The molecule has 1 atom stereocenters. The number of benzene rings is 1. The van der Waals surface area contributed by atoms with Gasteiger partial charge in [0, 0.05) is 38.7 Å². The second kappa shape index (κ2) is 12.5. The molecule has 11 heteroatoms. The van der Waals surface area contributed by atoms with Crippen molar-refractivity contribution in [3.8, 4) is 0 Å². The molecule has 0 bridgehead atoms. The summed E-state index contributed by atoms with van der Waals surface area (Å²) in [5.41, 5.74) is 1.14. The molecule has 2 aliphatic heterocycles. The number of sulfone groups is 1. The van der Waals surface area contributed by atoms with Gasteiger partial charge in [-0.15, -0.1) is 0 Å². The quantitative estimate of drug-likeness (QED) is 0.436. The average molecular weight is 537 g/mol. The van der Waals surface area contributed by atoms with Gasteiger partial charge >= 0.3 is 0 Å².